The van der Waals surface area contributed by atoms with Crippen molar-refractivity contribution < 1.29 is 23.8 Å². The summed E-state index contributed by atoms with van der Waals surface area (Å²) in [4.78, 5) is 13.1. The van der Waals surface area contributed by atoms with Crippen molar-refractivity contribution in [3.8, 4) is 0 Å². The van der Waals surface area contributed by atoms with Gasteiger partial charge in [-0.1, -0.05) is 67.8 Å². The maximum Gasteiger partial charge on any atom is 0.414 e. The van der Waals surface area contributed by atoms with Crippen LogP contribution in [0.25, 0.3) is 0 Å². The minimum atomic E-state index is -0.512. The Morgan fingerprint density at radius 1 is 1.48 bits per heavy atom. The molecule has 10 heteroatoms. The van der Waals surface area contributed by atoms with Crippen molar-refractivity contribution in [1.29, 1.82) is 0 Å². The Morgan fingerprint density at radius 2 is 2.12 bits per heavy atom. The quantitative estimate of drug-likeness (QED) is 0.347. The van der Waals surface area contributed by atoms with Gasteiger partial charge in [0.1, 0.15) is 11.4 Å². The van der Waals surface area contributed by atoms with Crippen molar-refractivity contribution in [2.45, 2.75) is 12.5 Å². The highest BCUT2D eigenvalue weighted by Crippen LogP contribution is 2.33. The van der Waals surface area contributed by atoms with Gasteiger partial charge in [-0.05, 0) is 25.1 Å². The zero-order valence-electron chi connectivity index (χ0n) is 13.8. The predicted molar refractivity (Wildman–Crippen MR) is 122 cm³/mol. The van der Waals surface area contributed by atoms with E-state index in [0.29, 0.717) is 18.3 Å². The van der Waals surface area contributed by atoms with Crippen LogP contribution in [0.1, 0.15) is 6.92 Å². The van der Waals surface area contributed by atoms with Crippen LogP contribution >= 0.6 is 67.8 Å². The smallest absolute Gasteiger partial charge is 0.414 e. The Balaban J connectivity index is 0.000000550. The van der Waals surface area contributed by atoms with E-state index in [1.807, 2.05) is 0 Å². The van der Waals surface area contributed by atoms with Gasteiger partial charge in [0.05, 0.1) is 31.1 Å². The molecule has 2 N–H and O–H groups in total. The number of ether oxygens (including phenoxy) is 2. The van der Waals surface area contributed by atoms with Crippen LogP contribution in [-0.4, -0.2) is 50.2 Å². The second kappa shape index (κ2) is 11.2. The van der Waals surface area contributed by atoms with E-state index < -0.39 is 11.9 Å². The maximum absolute atomic E-state index is 13.9. The van der Waals surface area contributed by atoms with Gasteiger partial charge in [-0.25, -0.2) is 9.18 Å². The topological polar surface area (TPSA) is 71.0 Å². The Hall–Kier alpha value is 0.330. The predicted octanol–water partition coefficient (Wildman–Crippen LogP) is 4.17. The van der Waals surface area contributed by atoms with Gasteiger partial charge in [0.25, 0.3) is 0 Å². The third-order valence-electron chi connectivity index (χ3n) is 2.92. The number of nitrogens with zero attached hydrogens (tertiary/aromatic N) is 1. The van der Waals surface area contributed by atoms with Crippen LogP contribution in [0.15, 0.2) is 18.2 Å². The number of alkyl halides is 3. The Morgan fingerprint density at radius 3 is 2.64 bits per heavy atom. The molecule has 142 valence electrons. The minimum Gasteiger partial charge on any atom is -0.441 e. The number of aliphatic hydroxyl groups is 1. The highest BCUT2D eigenvalue weighted by Gasteiger charge is 2.32. The lowest BCUT2D eigenvalue weighted by Crippen LogP contribution is -2.25. The van der Waals surface area contributed by atoms with E-state index in [0.717, 1.165) is 0 Å². The molecule has 6 nitrogen and oxygen atoms in total. The number of carbonyl (C=O) groups excluding carboxylic acids is 1. The summed E-state index contributed by atoms with van der Waals surface area (Å²) in [6.45, 7) is 2.96. The standard InChI is InChI=1S/C13H17FN2O4.C2H3I3/c1-19-8-10-7-16(13(18)20-10)9-2-3-12(11(14)6-9)15-4-5-17;1-2(3,4)5/h2-3,6,10,15,17H,4-5,7-8H2,1H3;1H3/t10-;/m1./s1. The average Bonchev–Trinajstić information content (AvgIpc) is 2.85. The summed E-state index contributed by atoms with van der Waals surface area (Å²) in [5.41, 5.74) is 0.712. The summed E-state index contributed by atoms with van der Waals surface area (Å²) < 4.78 is 24.3. The van der Waals surface area contributed by atoms with E-state index in [1.54, 1.807) is 6.07 Å². The molecule has 2 rings (SSSR count). The van der Waals surface area contributed by atoms with Crippen molar-refractivity contribution in [3.63, 3.8) is 0 Å². The third-order valence-corrected chi connectivity index (χ3v) is 2.92. The SMILES string of the molecule is CC(I)(I)I.COC[C@H]1CN(c2ccc(NCCO)c(F)c2)C(=O)O1. The number of hydrogen-bond donors (Lipinski definition) is 2. The van der Waals surface area contributed by atoms with Crippen molar-refractivity contribution in [3.05, 3.63) is 24.0 Å². The number of anilines is 2. The summed E-state index contributed by atoms with van der Waals surface area (Å²) in [5.74, 6) is -0.487. The highest BCUT2D eigenvalue weighted by atomic mass is 127. The largest absolute Gasteiger partial charge is 0.441 e. The summed E-state index contributed by atoms with van der Waals surface area (Å²) in [5, 5.41) is 11.4. The first-order valence-electron chi connectivity index (χ1n) is 7.33. The molecule has 0 aliphatic carbocycles. The van der Waals surface area contributed by atoms with Crippen LogP contribution in [0.2, 0.25) is 0 Å². The number of carbonyl (C=O) groups is 1. The van der Waals surface area contributed by atoms with Crippen molar-refractivity contribution in [2.24, 2.45) is 0 Å². The van der Waals surface area contributed by atoms with Crippen molar-refractivity contribution in [2.75, 3.05) is 43.6 Å². The molecule has 1 aromatic carbocycles. The molecule has 0 aromatic heterocycles. The van der Waals surface area contributed by atoms with E-state index in [9.17, 15) is 9.18 Å². The fourth-order valence-electron chi connectivity index (χ4n) is 2.01. The summed E-state index contributed by atoms with van der Waals surface area (Å²) in [7, 11) is 1.53. The van der Waals surface area contributed by atoms with E-state index >= 15 is 0 Å². The molecule has 1 atom stereocenters. The van der Waals surface area contributed by atoms with E-state index in [4.69, 9.17) is 14.6 Å². The number of amides is 1. The van der Waals surface area contributed by atoms with Gasteiger partial charge >= 0.3 is 6.09 Å². The van der Waals surface area contributed by atoms with Crippen LogP contribution in [0, 0.1) is 5.82 Å². The van der Waals surface area contributed by atoms with E-state index in [-0.39, 0.29) is 24.9 Å². The normalized spacial score (nSPS) is 17.0. The lowest BCUT2D eigenvalue weighted by molar-refractivity contribution is 0.0718. The second-order valence-corrected chi connectivity index (χ2v) is 17.8. The fraction of sp³-hybridized carbons (Fsp3) is 0.533. The molecule has 1 aliphatic heterocycles. The van der Waals surface area contributed by atoms with E-state index in [1.165, 1.54) is 24.1 Å². The molecule has 1 saturated heterocycles. The lowest BCUT2D eigenvalue weighted by atomic mass is 10.2. The fourth-order valence-corrected chi connectivity index (χ4v) is 2.01. The summed E-state index contributed by atoms with van der Waals surface area (Å²) in [6.07, 6.45) is -0.856. The van der Waals surface area contributed by atoms with Gasteiger partial charge < -0.3 is 19.9 Å². The molecule has 1 aliphatic rings. The van der Waals surface area contributed by atoms with Gasteiger partial charge in [-0.2, -0.15) is 0 Å². The first-order valence-corrected chi connectivity index (χ1v) is 10.6. The number of methoxy groups -OCH3 is 1. The van der Waals surface area contributed by atoms with Gasteiger partial charge in [-0.3, -0.25) is 4.90 Å². The first kappa shape index (κ1) is 23.4. The molecule has 1 heterocycles. The minimum absolute atomic E-state index is 0.0850. The van der Waals surface area contributed by atoms with Gasteiger partial charge in [-0.15, -0.1) is 0 Å². The van der Waals surface area contributed by atoms with Crippen LogP contribution in [0.4, 0.5) is 20.6 Å². The zero-order valence-corrected chi connectivity index (χ0v) is 20.2. The molecular formula is C15H20FI3N2O4. The Kier molecular flexibility index (Phi) is 10.5. The molecule has 0 saturated carbocycles. The van der Waals surface area contributed by atoms with Crippen LogP contribution in [0.3, 0.4) is 0 Å². The summed E-state index contributed by atoms with van der Waals surface area (Å²) in [6, 6.07) is 4.41. The highest BCUT2D eigenvalue weighted by molar-refractivity contribution is 14.3. The second-order valence-electron chi connectivity index (χ2n) is 5.17. The van der Waals surface area contributed by atoms with Crippen LogP contribution in [0.5, 0.6) is 0 Å². The maximum atomic E-state index is 13.9. The van der Waals surface area contributed by atoms with Crippen molar-refractivity contribution in [1.82, 2.24) is 0 Å². The van der Waals surface area contributed by atoms with Crippen molar-refractivity contribution >= 4 is 85.2 Å². The lowest BCUT2D eigenvalue weighted by Gasteiger charge is -2.14. The molecule has 0 bridgehead atoms. The Labute approximate surface area is 187 Å². The molecular weight excluding hydrogens is 672 g/mol. The number of cyclic esters (lactones) is 1. The van der Waals surface area contributed by atoms with Gasteiger partial charge in [0, 0.05) is 13.7 Å². The number of benzene rings is 1. The van der Waals surface area contributed by atoms with E-state index in [2.05, 4.69) is 80.0 Å². The molecule has 1 aromatic rings. The number of nitrogens with one attached hydrogen (secondary N) is 1. The number of aliphatic hydroxyl groups excluding tert-OH is 1. The number of halogens is 4. The monoisotopic (exact) mass is 692 g/mol. The Bertz CT molecular complexity index is 566. The first-order chi connectivity index (χ1) is 11.7. The average molecular weight is 692 g/mol. The number of rotatable bonds is 6. The molecule has 0 unspecified atom stereocenters. The molecule has 25 heavy (non-hydrogen) atoms. The molecule has 0 spiro atoms. The zero-order chi connectivity index (χ0) is 19.0. The third kappa shape index (κ3) is 9.19. The molecule has 0 radical (unpaired) electrons. The molecule has 1 fully saturated rings. The van der Waals surface area contributed by atoms with Crippen LogP contribution < -0.4 is 10.2 Å². The summed E-state index contributed by atoms with van der Waals surface area (Å²) >= 11 is 7.05. The number of hydrogen-bond acceptors (Lipinski definition) is 5. The van der Waals surface area contributed by atoms with Crippen LogP contribution in [-0.2, 0) is 9.47 Å². The molecule has 1 amide bonds. The van der Waals surface area contributed by atoms with Gasteiger partial charge in [0.2, 0.25) is 0 Å². The van der Waals surface area contributed by atoms with Gasteiger partial charge in [0.15, 0.2) is 0 Å².